The van der Waals surface area contributed by atoms with Gasteiger partial charge in [0.15, 0.2) is 5.13 Å². The number of nitrogens with zero attached hydrogens (tertiary/aromatic N) is 4. The van der Waals surface area contributed by atoms with Gasteiger partial charge in [-0.3, -0.25) is 4.79 Å². The fraction of sp³-hybridized carbons (Fsp3) is 0.500. The zero-order valence-electron chi connectivity index (χ0n) is 14.0. The average molecular weight is 347 g/mol. The molecule has 3 heterocycles. The van der Waals surface area contributed by atoms with E-state index in [2.05, 4.69) is 20.3 Å². The highest BCUT2D eigenvalue weighted by Gasteiger charge is 2.29. The van der Waals surface area contributed by atoms with Gasteiger partial charge in [-0.05, 0) is 27.2 Å². The highest BCUT2D eigenvalue weighted by molar-refractivity contribution is 7.15. The van der Waals surface area contributed by atoms with Crippen LogP contribution in [0, 0.1) is 20.8 Å². The molecule has 1 atom stereocenters. The fourth-order valence-corrected chi connectivity index (χ4v) is 3.59. The van der Waals surface area contributed by atoms with Crippen LogP contribution in [0.1, 0.15) is 34.4 Å². The first kappa shape index (κ1) is 16.8. The summed E-state index contributed by atoms with van der Waals surface area (Å²) in [5.41, 5.74) is 1.89. The van der Waals surface area contributed by atoms with Crippen LogP contribution >= 0.6 is 11.3 Å². The summed E-state index contributed by atoms with van der Waals surface area (Å²) in [5.74, 6) is 1.31. The Kier molecular flexibility index (Phi) is 4.77. The molecule has 0 unspecified atom stereocenters. The monoisotopic (exact) mass is 347 g/mol. The van der Waals surface area contributed by atoms with E-state index >= 15 is 0 Å². The Morgan fingerprint density at radius 2 is 2.17 bits per heavy atom. The molecule has 24 heavy (non-hydrogen) atoms. The van der Waals surface area contributed by atoms with Crippen molar-refractivity contribution in [3.8, 4) is 0 Å². The molecule has 2 N–H and O–H groups in total. The zero-order valence-corrected chi connectivity index (χ0v) is 14.9. The number of aliphatic hydroxyl groups excluding tert-OH is 1. The predicted molar refractivity (Wildman–Crippen MR) is 92.7 cm³/mol. The molecule has 128 valence electrons. The Labute approximate surface area is 144 Å². The number of thiazole rings is 1. The summed E-state index contributed by atoms with van der Waals surface area (Å²) in [4.78, 5) is 28.1. The van der Waals surface area contributed by atoms with E-state index in [1.54, 1.807) is 16.2 Å². The van der Waals surface area contributed by atoms with Gasteiger partial charge in [-0.25, -0.2) is 15.0 Å². The van der Waals surface area contributed by atoms with Crippen LogP contribution in [0.25, 0.3) is 0 Å². The Bertz CT molecular complexity index is 741. The summed E-state index contributed by atoms with van der Waals surface area (Å²) in [6.45, 7) is 6.70. The van der Waals surface area contributed by atoms with Crippen molar-refractivity contribution in [1.82, 2.24) is 19.9 Å². The number of likely N-dealkylation sites (tertiary alicyclic amines) is 1. The third kappa shape index (κ3) is 3.54. The number of amides is 1. The molecule has 1 aliphatic rings. The Hall–Kier alpha value is -2.06. The minimum atomic E-state index is -0.447. The smallest absolute Gasteiger partial charge is 0.248 e. The second-order valence-corrected chi connectivity index (χ2v) is 7.23. The zero-order chi connectivity index (χ0) is 17.3. The number of rotatable bonds is 4. The van der Waals surface area contributed by atoms with Crippen LogP contribution in [-0.4, -0.2) is 50.6 Å². The normalized spacial score (nSPS) is 17.3. The van der Waals surface area contributed by atoms with Crippen LogP contribution in [-0.2, 0) is 4.79 Å². The average Bonchev–Trinajstić information content (AvgIpc) is 3.14. The van der Waals surface area contributed by atoms with Gasteiger partial charge >= 0.3 is 0 Å². The van der Waals surface area contributed by atoms with Crippen molar-refractivity contribution >= 4 is 28.2 Å². The first-order valence-corrected chi connectivity index (χ1v) is 8.73. The maximum atomic E-state index is 11.6. The van der Waals surface area contributed by atoms with Crippen molar-refractivity contribution in [3.63, 3.8) is 0 Å². The quantitative estimate of drug-likeness (QED) is 0.878. The third-order valence-corrected chi connectivity index (χ3v) is 5.16. The highest BCUT2D eigenvalue weighted by Crippen LogP contribution is 2.28. The first-order chi connectivity index (χ1) is 11.5. The van der Waals surface area contributed by atoms with Gasteiger partial charge in [0, 0.05) is 35.6 Å². The molecule has 0 spiro atoms. The standard InChI is InChI=1S/C16H21N5O2S/c1-9-6-13(20-16-18-10(2)11(3)24-16)19-15(17-9)12-4-5-21(7-12)14(23)8-22/h6,12,22H,4-5,7-8H2,1-3H3,(H,17,18,19,20)/t12-/m1/s1. The molecule has 2 aromatic rings. The molecule has 7 nitrogen and oxygen atoms in total. The van der Waals surface area contributed by atoms with Gasteiger partial charge in [-0.15, -0.1) is 11.3 Å². The lowest BCUT2D eigenvalue weighted by atomic mass is 10.1. The number of aliphatic hydroxyl groups is 1. The number of hydrogen-bond acceptors (Lipinski definition) is 7. The molecule has 0 saturated carbocycles. The maximum Gasteiger partial charge on any atom is 0.248 e. The van der Waals surface area contributed by atoms with Gasteiger partial charge in [0.05, 0.1) is 5.69 Å². The lowest BCUT2D eigenvalue weighted by Gasteiger charge is -2.15. The van der Waals surface area contributed by atoms with Gasteiger partial charge in [-0.1, -0.05) is 0 Å². The lowest BCUT2D eigenvalue weighted by Crippen LogP contribution is -2.30. The van der Waals surface area contributed by atoms with Crippen molar-refractivity contribution in [1.29, 1.82) is 0 Å². The number of carbonyl (C=O) groups excluding carboxylic acids is 1. The van der Waals surface area contributed by atoms with Crippen molar-refractivity contribution in [2.45, 2.75) is 33.1 Å². The highest BCUT2D eigenvalue weighted by atomic mass is 32.1. The van der Waals surface area contributed by atoms with Gasteiger partial charge in [0.2, 0.25) is 5.91 Å². The molecule has 1 fully saturated rings. The fourth-order valence-electron chi connectivity index (χ4n) is 2.77. The van der Waals surface area contributed by atoms with E-state index in [-0.39, 0.29) is 11.8 Å². The maximum absolute atomic E-state index is 11.6. The minimum Gasteiger partial charge on any atom is -0.387 e. The molecule has 3 rings (SSSR count). The number of hydrogen-bond donors (Lipinski definition) is 2. The molecule has 1 saturated heterocycles. The summed E-state index contributed by atoms with van der Waals surface area (Å²) in [7, 11) is 0. The van der Waals surface area contributed by atoms with E-state index in [9.17, 15) is 4.79 Å². The molecule has 2 aromatic heterocycles. The van der Waals surface area contributed by atoms with Crippen LogP contribution in [0.2, 0.25) is 0 Å². The van der Waals surface area contributed by atoms with Crippen molar-refractivity contribution < 1.29 is 9.90 Å². The summed E-state index contributed by atoms with van der Waals surface area (Å²) in [6, 6.07) is 1.89. The largest absolute Gasteiger partial charge is 0.387 e. The molecule has 1 amide bonds. The van der Waals surface area contributed by atoms with Crippen LogP contribution < -0.4 is 5.32 Å². The van der Waals surface area contributed by atoms with E-state index in [1.165, 1.54) is 4.88 Å². The number of carbonyl (C=O) groups is 1. The Morgan fingerprint density at radius 1 is 1.38 bits per heavy atom. The number of anilines is 2. The third-order valence-electron chi connectivity index (χ3n) is 4.18. The first-order valence-electron chi connectivity index (χ1n) is 7.91. The topological polar surface area (TPSA) is 91.2 Å². The molecular formula is C16H21N5O2S. The molecule has 0 bridgehead atoms. The second kappa shape index (κ2) is 6.82. The summed E-state index contributed by atoms with van der Waals surface area (Å²) in [6.07, 6.45) is 0.810. The predicted octanol–water partition coefficient (Wildman–Crippen LogP) is 1.91. The molecular weight excluding hydrogens is 326 g/mol. The Balaban J connectivity index is 1.78. The van der Waals surface area contributed by atoms with Crippen molar-refractivity contribution in [3.05, 3.63) is 28.2 Å². The Morgan fingerprint density at radius 3 is 2.83 bits per heavy atom. The van der Waals surface area contributed by atoms with Crippen LogP contribution in [0.15, 0.2) is 6.07 Å². The number of aromatic nitrogens is 3. The van der Waals surface area contributed by atoms with E-state index in [4.69, 9.17) is 5.11 Å². The van der Waals surface area contributed by atoms with Gasteiger partial charge in [0.25, 0.3) is 0 Å². The molecule has 8 heteroatoms. The molecule has 0 radical (unpaired) electrons. The van der Waals surface area contributed by atoms with Crippen LogP contribution in [0.3, 0.4) is 0 Å². The molecule has 0 aliphatic carbocycles. The van der Waals surface area contributed by atoms with Gasteiger partial charge in [0.1, 0.15) is 18.2 Å². The molecule has 0 aromatic carbocycles. The minimum absolute atomic E-state index is 0.0979. The van der Waals surface area contributed by atoms with E-state index in [0.717, 1.165) is 34.6 Å². The van der Waals surface area contributed by atoms with Crippen molar-refractivity contribution in [2.24, 2.45) is 0 Å². The summed E-state index contributed by atoms with van der Waals surface area (Å²) in [5, 5.41) is 13.1. The SMILES string of the molecule is Cc1cc(Nc2nc(C)c(C)s2)nc([C@@H]2CCN(C(=O)CO)C2)n1. The van der Waals surface area contributed by atoms with E-state index < -0.39 is 6.61 Å². The van der Waals surface area contributed by atoms with Crippen molar-refractivity contribution in [2.75, 3.05) is 25.0 Å². The van der Waals surface area contributed by atoms with Gasteiger partial charge in [-0.2, -0.15) is 0 Å². The van der Waals surface area contributed by atoms with E-state index in [1.807, 2.05) is 26.8 Å². The van der Waals surface area contributed by atoms with E-state index in [0.29, 0.717) is 13.1 Å². The van der Waals surface area contributed by atoms with Crippen LogP contribution in [0.5, 0.6) is 0 Å². The lowest BCUT2D eigenvalue weighted by molar-refractivity contribution is -0.133. The summed E-state index contributed by atoms with van der Waals surface area (Å²) >= 11 is 1.60. The second-order valence-electron chi connectivity index (χ2n) is 6.02. The summed E-state index contributed by atoms with van der Waals surface area (Å²) < 4.78 is 0. The number of nitrogens with one attached hydrogen (secondary N) is 1. The van der Waals surface area contributed by atoms with Gasteiger partial charge < -0.3 is 15.3 Å². The van der Waals surface area contributed by atoms with Crippen LogP contribution in [0.4, 0.5) is 10.9 Å². The number of aryl methyl sites for hydroxylation is 3. The molecule has 1 aliphatic heterocycles.